The lowest BCUT2D eigenvalue weighted by Crippen LogP contribution is -2.01. The molecule has 4 heteroatoms. The first-order valence-corrected chi connectivity index (χ1v) is 14.5. The Balaban J connectivity index is 1.32. The molecule has 0 amide bonds. The lowest BCUT2D eigenvalue weighted by molar-refractivity contribution is 0.967. The molecule has 8 rings (SSSR count). The fraction of sp³-hybridized carbons (Fsp3) is 0.0556. The second-order valence-electron chi connectivity index (χ2n) is 10.2. The van der Waals surface area contributed by atoms with Crippen molar-refractivity contribution in [3.63, 3.8) is 0 Å². The van der Waals surface area contributed by atoms with Crippen LogP contribution in [-0.4, -0.2) is 14.5 Å². The number of hydrogen-bond acceptors (Lipinski definition) is 3. The smallest absolute Gasteiger partial charge is 0.160 e. The predicted octanol–water partition coefficient (Wildman–Crippen LogP) is 9.60. The lowest BCUT2D eigenvalue weighted by Gasteiger charge is -2.14. The van der Waals surface area contributed by atoms with E-state index < -0.39 is 0 Å². The van der Waals surface area contributed by atoms with Gasteiger partial charge < -0.3 is 4.57 Å². The van der Waals surface area contributed by atoms with E-state index in [2.05, 4.69) is 126 Å². The monoisotopic (exact) mass is 531 g/mol. The second-order valence-corrected chi connectivity index (χ2v) is 11.3. The summed E-state index contributed by atoms with van der Waals surface area (Å²) in [6, 6.07) is 40.6. The summed E-state index contributed by atoms with van der Waals surface area (Å²) < 4.78 is 3.65. The Morgan fingerprint density at radius 1 is 0.675 bits per heavy atom. The maximum absolute atomic E-state index is 5.14. The minimum absolute atomic E-state index is 0.733. The summed E-state index contributed by atoms with van der Waals surface area (Å²) in [5.41, 5.74) is 9.02. The number of nitrogens with zero attached hydrogens (tertiary/aromatic N) is 3. The van der Waals surface area contributed by atoms with E-state index >= 15 is 0 Å². The number of fused-ring (bicyclic) bond motifs is 4. The van der Waals surface area contributed by atoms with E-state index in [1.54, 1.807) is 11.3 Å². The van der Waals surface area contributed by atoms with E-state index in [1.165, 1.54) is 32.2 Å². The summed E-state index contributed by atoms with van der Waals surface area (Å²) in [4.78, 5) is 11.4. The first kappa shape index (κ1) is 23.1. The Labute approximate surface area is 236 Å². The van der Waals surface area contributed by atoms with Crippen LogP contribution in [0.3, 0.4) is 0 Å². The van der Waals surface area contributed by atoms with Gasteiger partial charge in [0.1, 0.15) is 0 Å². The molecule has 0 aliphatic heterocycles. The van der Waals surface area contributed by atoms with Crippen molar-refractivity contribution in [2.45, 2.75) is 12.8 Å². The highest BCUT2D eigenvalue weighted by molar-refractivity contribution is 7.22. The molecule has 3 heterocycles. The fourth-order valence-electron chi connectivity index (χ4n) is 5.82. The Kier molecular flexibility index (Phi) is 5.45. The van der Waals surface area contributed by atoms with Gasteiger partial charge in [0.05, 0.1) is 21.8 Å². The van der Waals surface area contributed by atoms with Gasteiger partial charge in [-0.2, -0.15) is 0 Å². The Morgan fingerprint density at radius 2 is 1.48 bits per heavy atom. The van der Waals surface area contributed by atoms with Crippen LogP contribution >= 0.6 is 11.3 Å². The van der Waals surface area contributed by atoms with Crippen LogP contribution in [-0.2, 0) is 6.42 Å². The molecule has 7 aromatic rings. The van der Waals surface area contributed by atoms with Crippen molar-refractivity contribution in [3.8, 4) is 38.9 Å². The number of hydrogen-bond donors (Lipinski definition) is 0. The molecule has 0 saturated carbocycles. The Hall–Kier alpha value is -4.80. The molecule has 40 heavy (non-hydrogen) atoms. The SMILES string of the molecule is C1=Cc2c(c3ccccc3n2-c2cccc(-c3nc(-c4ccccc4)cc(-c4cc5ccccc5s4)n3)c2)CC1. The van der Waals surface area contributed by atoms with Gasteiger partial charge in [-0.15, -0.1) is 11.3 Å². The molecule has 1 aliphatic rings. The van der Waals surface area contributed by atoms with Crippen LogP contribution in [0.5, 0.6) is 0 Å². The highest BCUT2D eigenvalue weighted by atomic mass is 32.1. The van der Waals surface area contributed by atoms with Gasteiger partial charge in [0.15, 0.2) is 5.82 Å². The van der Waals surface area contributed by atoms with Gasteiger partial charge in [-0.1, -0.05) is 84.9 Å². The predicted molar refractivity (Wildman–Crippen MR) is 168 cm³/mol. The zero-order valence-electron chi connectivity index (χ0n) is 21.8. The topological polar surface area (TPSA) is 30.7 Å². The van der Waals surface area contributed by atoms with Gasteiger partial charge in [0, 0.05) is 32.6 Å². The fourth-order valence-corrected chi connectivity index (χ4v) is 6.84. The zero-order valence-corrected chi connectivity index (χ0v) is 22.6. The number of allylic oxidation sites excluding steroid dienone is 1. The quantitative estimate of drug-likeness (QED) is 0.226. The maximum atomic E-state index is 5.14. The molecule has 1 aliphatic carbocycles. The van der Waals surface area contributed by atoms with E-state index in [1.807, 2.05) is 6.07 Å². The third-order valence-corrected chi connectivity index (χ3v) is 8.83. The zero-order chi connectivity index (χ0) is 26.5. The molecule has 0 fully saturated rings. The van der Waals surface area contributed by atoms with Crippen molar-refractivity contribution in [3.05, 3.63) is 133 Å². The molecule has 0 atom stereocenters. The number of aromatic nitrogens is 3. The normalized spacial score (nSPS) is 12.7. The number of rotatable bonds is 4. The van der Waals surface area contributed by atoms with Crippen molar-refractivity contribution in [1.82, 2.24) is 14.5 Å². The molecule has 0 N–H and O–H groups in total. The minimum Gasteiger partial charge on any atom is -0.310 e. The summed E-state index contributed by atoms with van der Waals surface area (Å²) in [5, 5.41) is 2.57. The van der Waals surface area contributed by atoms with Crippen LogP contribution in [0.15, 0.2) is 121 Å². The van der Waals surface area contributed by atoms with Crippen LogP contribution in [0, 0.1) is 0 Å². The molecule has 190 valence electrons. The van der Waals surface area contributed by atoms with E-state index in [0.29, 0.717) is 0 Å². The Bertz CT molecular complexity index is 2030. The summed E-state index contributed by atoms with van der Waals surface area (Å²) in [6.45, 7) is 0. The average Bonchev–Trinajstić information content (AvgIpc) is 3.61. The molecular weight excluding hydrogens is 506 g/mol. The highest BCUT2D eigenvalue weighted by Gasteiger charge is 2.19. The largest absolute Gasteiger partial charge is 0.310 e. The third kappa shape index (κ3) is 3.88. The second kappa shape index (κ2) is 9.44. The summed E-state index contributed by atoms with van der Waals surface area (Å²) >= 11 is 1.77. The third-order valence-electron chi connectivity index (χ3n) is 7.69. The van der Waals surface area contributed by atoms with Crippen LogP contribution in [0.4, 0.5) is 0 Å². The first-order valence-electron chi connectivity index (χ1n) is 13.6. The number of aryl methyl sites for hydroxylation is 1. The first-order chi connectivity index (χ1) is 19.8. The van der Waals surface area contributed by atoms with E-state index in [0.717, 1.165) is 51.7 Å². The van der Waals surface area contributed by atoms with Crippen LogP contribution in [0.25, 0.3) is 66.0 Å². The van der Waals surface area contributed by atoms with Crippen molar-refractivity contribution in [1.29, 1.82) is 0 Å². The van der Waals surface area contributed by atoms with Crippen molar-refractivity contribution in [2.24, 2.45) is 0 Å². The molecule has 0 unspecified atom stereocenters. The highest BCUT2D eigenvalue weighted by Crippen LogP contribution is 2.37. The molecule has 0 radical (unpaired) electrons. The Morgan fingerprint density at radius 3 is 2.40 bits per heavy atom. The van der Waals surface area contributed by atoms with Gasteiger partial charge in [-0.3, -0.25) is 0 Å². The van der Waals surface area contributed by atoms with Gasteiger partial charge in [0.25, 0.3) is 0 Å². The molecule has 0 saturated heterocycles. The van der Waals surface area contributed by atoms with E-state index in [4.69, 9.17) is 9.97 Å². The standard InChI is InChI=1S/C36H25N3S/c1-2-11-24(12-3-1)30-23-31(35-22-25-13-4-9-20-34(25)40-35)38-36(37-30)26-14-10-15-27(21-26)39-32-18-7-5-16-28(32)29-17-6-8-19-33(29)39/h1-5,7-16,18-23H,6,17H2. The molecule has 0 spiro atoms. The molecule has 3 nitrogen and oxygen atoms in total. The van der Waals surface area contributed by atoms with Crippen molar-refractivity contribution in [2.75, 3.05) is 0 Å². The van der Waals surface area contributed by atoms with Crippen LogP contribution < -0.4 is 0 Å². The maximum Gasteiger partial charge on any atom is 0.160 e. The molecule has 3 aromatic heterocycles. The minimum atomic E-state index is 0.733. The summed E-state index contributed by atoms with van der Waals surface area (Å²) in [7, 11) is 0. The summed E-state index contributed by atoms with van der Waals surface area (Å²) in [6.07, 6.45) is 6.71. The van der Waals surface area contributed by atoms with Gasteiger partial charge >= 0.3 is 0 Å². The van der Waals surface area contributed by atoms with Crippen LogP contribution in [0.1, 0.15) is 17.7 Å². The number of thiophene rings is 1. The molecule has 0 bridgehead atoms. The van der Waals surface area contributed by atoms with E-state index in [9.17, 15) is 0 Å². The van der Waals surface area contributed by atoms with Gasteiger partial charge in [0.2, 0.25) is 0 Å². The van der Waals surface area contributed by atoms with Crippen LogP contribution in [0.2, 0.25) is 0 Å². The number of para-hydroxylation sites is 1. The average molecular weight is 532 g/mol. The molecular formula is C36H25N3S. The van der Waals surface area contributed by atoms with E-state index in [-0.39, 0.29) is 0 Å². The lowest BCUT2D eigenvalue weighted by atomic mass is 10.0. The number of benzene rings is 4. The van der Waals surface area contributed by atoms with Gasteiger partial charge in [-0.25, -0.2) is 9.97 Å². The summed E-state index contributed by atoms with van der Waals surface area (Å²) in [5.74, 6) is 0.733. The van der Waals surface area contributed by atoms with Crippen molar-refractivity contribution >= 4 is 38.4 Å². The van der Waals surface area contributed by atoms with Gasteiger partial charge in [-0.05, 0) is 66.3 Å². The van der Waals surface area contributed by atoms with Crippen molar-refractivity contribution < 1.29 is 0 Å². The molecule has 4 aromatic carbocycles.